The second kappa shape index (κ2) is 7.29. The molecule has 0 bridgehead atoms. The monoisotopic (exact) mass is 276 g/mol. The minimum Gasteiger partial charge on any atom is -0.399 e. The van der Waals surface area contributed by atoms with Crippen LogP contribution in [0.1, 0.15) is 25.3 Å². The molecule has 0 saturated carbocycles. The normalized spacial score (nSPS) is 18.1. The molecule has 1 aromatic rings. The predicted molar refractivity (Wildman–Crippen MR) is 80.4 cm³/mol. The lowest BCUT2D eigenvalue weighted by Gasteiger charge is -2.24. The molecule has 1 atom stereocenters. The van der Waals surface area contributed by atoms with Crippen molar-refractivity contribution in [3.05, 3.63) is 29.8 Å². The Morgan fingerprint density at radius 3 is 2.90 bits per heavy atom. The second-order valence-corrected chi connectivity index (χ2v) is 5.36. The third-order valence-electron chi connectivity index (χ3n) is 3.90. The van der Waals surface area contributed by atoms with E-state index in [2.05, 4.69) is 0 Å². The van der Waals surface area contributed by atoms with Crippen LogP contribution in [0.2, 0.25) is 0 Å². The number of anilines is 1. The Bertz CT molecular complexity index is 442. The summed E-state index contributed by atoms with van der Waals surface area (Å²) in [5, 5.41) is 0. The van der Waals surface area contributed by atoms with Crippen molar-refractivity contribution >= 4 is 11.6 Å². The molecule has 1 fully saturated rings. The molecule has 1 aliphatic rings. The number of hydrogen-bond donors (Lipinski definition) is 1. The molecule has 1 heterocycles. The molecule has 110 valence electrons. The average molecular weight is 276 g/mol. The molecule has 20 heavy (non-hydrogen) atoms. The molecule has 1 saturated heterocycles. The number of nitrogens with zero attached hydrogens (tertiary/aromatic N) is 1. The first-order valence-corrected chi connectivity index (χ1v) is 7.39. The highest BCUT2D eigenvalue weighted by atomic mass is 16.5. The highest BCUT2D eigenvalue weighted by Gasteiger charge is 2.21. The van der Waals surface area contributed by atoms with E-state index in [1.807, 2.05) is 36.1 Å². The maximum absolute atomic E-state index is 12.3. The van der Waals surface area contributed by atoms with Gasteiger partial charge in [0.1, 0.15) is 0 Å². The Morgan fingerprint density at radius 1 is 1.45 bits per heavy atom. The number of nitrogens with two attached hydrogens (primary N) is 1. The van der Waals surface area contributed by atoms with Crippen molar-refractivity contribution in [2.75, 3.05) is 32.0 Å². The van der Waals surface area contributed by atoms with Crippen LogP contribution < -0.4 is 5.73 Å². The summed E-state index contributed by atoms with van der Waals surface area (Å²) in [4.78, 5) is 14.2. The van der Waals surface area contributed by atoms with E-state index in [4.69, 9.17) is 10.5 Å². The smallest absolute Gasteiger partial charge is 0.222 e. The summed E-state index contributed by atoms with van der Waals surface area (Å²) in [6, 6.07) is 7.75. The summed E-state index contributed by atoms with van der Waals surface area (Å²) < 4.78 is 5.37. The number of carbonyl (C=O) groups excluding carboxylic acids is 1. The van der Waals surface area contributed by atoms with E-state index in [9.17, 15) is 4.79 Å². The molecular weight excluding hydrogens is 252 g/mol. The van der Waals surface area contributed by atoms with Gasteiger partial charge in [-0.25, -0.2) is 0 Å². The van der Waals surface area contributed by atoms with E-state index < -0.39 is 0 Å². The van der Waals surface area contributed by atoms with Crippen LogP contribution >= 0.6 is 0 Å². The number of rotatable bonds is 6. The fourth-order valence-electron chi connectivity index (χ4n) is 2.61. The third-order valence-corrected chi connectivity index (χ3v) is 3.90. The van der Waals surface area contributed by atoms with Gasteiger partial charge >= 0.3 is 0 Å². The molecule has 0 aliphatic carbocycles. The third kappa shape index (κ3) is 3.97. The first-order valence-electron chi connectivity index (χ1n) is 7.39. The number of benzene rings is 1. The van der Waals surface area contributed by atoms with Crippen molar-refractivity contribution in [1.82, 2.24) is 4.90 Å². The highest BCUT2D eigenvalue weighted by molar-refractivity contribution is 5.76. The zero-order chi connectivity index (χ0) is 14.4. The molecule has 4 heteroatoms. The van der Waals surface area contributed by atoms with E-state index in [0.717, 1.165) is 44.0 Å². The Morgan fingerprint density at radius 2 is 2.25 bits per heavy atom. The van der Waals surface area contributed by atoms with Gasteiger partial charge in [0.25, 0.3) is 0 Å². The quantitative estimate of drug-likeness (QED) is 0.809. The maximum atomic E-state index is 12.3. The van der Waals surface area contributed by atoms with Crippen LogP contribution in [0.25, 0.3) is 0 Å². The van der Waals surface area contributed by atoms with Gasteiger partial charge in [-0.2, -0.15) is 0 Å². The fourth-order valence-corrected chi connectivity index (χ4v) is 2.61. The number of aryl methyl sites for hydroxylation is 1. The summed E-state index contributed by atoms with van der Waals surface area (Å²) in [6.45, 7) is 5.23. The van der Waals surface area contributed by atoms with Gasteiger partial charge in [0.15, 0.2) is 0 Å². The Hall–Kier alpha value is -1.55. The zero-order valence-electron chi connectivity index (χ0n) is 12.2. The van der Waals surface area contributed by atoms with E-state index in [0.29, 0.717) is 18.8 Å². The Kier molecular flexibility index (Phi) is 5.41. The van der Waals surface area contributed by atoms with Crippen molar-refractivity contribution in [2.45, 2.75) is 26.2 Å². The van der Waals surface area contributed by atoms with Gasteiger partial charge in [-0.1, -0.05) is 18.2 Å². The van der Waals surface area contributed by atoms with E-state index >= 15 is 0 Å². The molecule has 1 aliphatic heterocycles. The summed E-state index contributed by atoms with van der Waals surface area (Å²) in [5.74, 6) is 0.711. The Balaban J connectivity index is 1.84. The molecule has 2 N–H and O–H groups in total. The highest BCUT2D eigenvalue weighted by Crippen LogP contribution is 2.16. The van der Waals surface area contributed by atoms with Gasteiger partial charge in [0.2, 0.25) is 5.91 Å². The van der Waals surface area contributed by atoms with Crippen molar-refractivity contribution in [3.63, 3.8) is 0 Å². The lowest BCUT2D eigenvalue weighted by molar-refractivity contribution is -0.131. The second-order valence-electron chi connectivity index (χ2n) is 5.36. The minimum atomic E-state index is 0.211. The summed E-state index contributed by atoms with van der Waals surface area (Å²) in [5.41, 5.74) is 7.73. The van der Waals surface area contributed by atoms with E-state index in [1.54, 1.807) is 0 Å². The largest absolute Gasteiger partial charge is 0.399 e. The van der Waals surface area contributed by atoms with Crippen LogP contribution in [0, 0.1) is 5.92 Å². The average Bonchev–Trinajstić information content (AvgIpc) is 2.96. The van der Waals surface area contributed by atoms with Gasteiger partial charge in [0.05, 0.1) is 6.61 Å². The summed E-state index contributed by atoms with van der Waals surface area (Å²) in [7, 11) is 0. The number of para-hydroxylation sites is 1. The van der Waals surface area contributed by atoms with Crippen molar-refractivity contribution in [2.24, 2.45) is 5.92 Å². The molecule has 0 aromatic heterocycles. The topological polar surface area (TPSA) is 55.6 Å². The van der Waals surface area contributed by atoms with Crippen LogP contribution in [0.4, 0.5) is 5.69 Å². The molecular formula is C16H24N2O2. The van der Waals surface area contributed by atoms with E-state index in [-0.39, 0.29) is 5.91 Å². The van der Waals surface area contributed by atoms with Crippen LogP contribution in [-0.4, -0.2) is 37.1 Å². The molecule has 0 radical (unpaired) electrons. The molecule has 4 nitrogen and oxygen atoms in total. The van der Waals surface area contributed by atoms with Gasteiger partial charge in [-0.15, -0.1) is 0 Å². The van der Waals surface area contributed by atoms with Crippen LogP contribution in [0.15, 0.2) is 24.3 Å². The lowest BCUT2D eigenvalue weighted by Crippen LogP contribution is -2.35. The zero-order valence-corrected chi connectivity index (χ0v) is 12.2. The predicted octanol–water partition coefficient (Wildman–Crippen LogP) is 2.09. The van der Waals surface area contributed by atoms with Crippen molar-refractivity contribution in [3.8, 4) is 0 Å². The van der Waals surface area contributed by atoms with Crippen LogP contribution in [0.5, 0.6) is 0 Å². The van der Waals surface area contributed by atoms with Gasteiger partial charge in [0, 0.05) is 37.7 Å². The van der Waals surface area contributed by atoms with E-state index in [1.165, 1.54) is 0 Å². The SMILES string of the molecule is CCN(CC1CCOC1)C(=O)CCc1ccccc1N. The number of carbonyl (C=O) groups is 1. The minimum absolute atomic E-state index is 0.211. The van der Waals surface area contributed by atoms with Gasteiger partial charge in [-0.3, -0.25) is 4.79 Å². The molecule has 2 rings (SSSR count). The summed E-state index contributed by atoms with van der Waals surface area (Å²) in [6.07, 6.45) is 2.30. The number of ether oxygens (including phenoxy) is 1. The summed E-state index contributed by atoms with van der Waals surface area (Å²) >= 11 is 0. The van der Waals surface area contributed by atoms with Gasteiger partial charge < -0.3 is 15.4 Å². The number of hydrogen-bond acceptors (Lipinski definition) is 3. The molecule has 1 unspecified atom stereocenters. The number of amides is 1. The molecule has 1 amide bonds. The lowest BCUT2D eigenvalue weighted by atomic mass is 10.1. The number of nitrogen functional groups attached to an aromatic ring is 1. The first kappa shape index (κ1) is 14.9. The molecule has 1 aromatic carbocycles. The first-order chi connectivity index (χ1) is 9.70. The Labute approximate surface area is 120 Å². The van der Waals surface area contributed by atoms with Crippen molar-refractivity contribution < 1.29 is 9.53 Å². The van der Waals surface area contributed by atoms with Crippen molar-refractivity contribution in [1.29, 1.82) is 0 Å². The van der Waals surface area contributed by atoms with Crippen LogP contribution in [0.3, 0.4) is 0 Å². The maximum Gasteiger partial charge on any atom is 0.222 e. The van der Waals surface area contributed by atoms with Gasteiger partial charge in [-0.05, 0) is 31.4 Å². The fraction of sp³-hybridized carbons (Fsp3) is 0.562. The molecule has 0 spiro atoms. The standard InChI is InChI=1S/C16H24N2O2/c1-2-18(11-13-9-10-20-12-13)16(19)8-7-14-5-3-4-6-15(14)17/h3-6,13H,2,7-12,17H2,1H3. The van der Waals surface area contributed by atoms with Crippen LogP contribution in [-0.2, 0) is 16.0 Å².